The standard InChI is InChI=1S/C9H17N3O/c1-2-10-9(13)12-5-7-3-4-11-8(7)6-12/h7-8,11H,2-6H2,1H3,(H,10,13)/t7-,8+/m0/s1. The van der Waals surface area contributed by atoms with Crippen molar-refractivity contribution < 1.29 is 4.79 Å². The molecule has 0 bridgehead atoms. The summed E-state index contributed by atoms with van der Waals surface area (Å²) < 4.78 is 0. The van der Waals surface area contributed by atoms with Gasteiger partial charge in [0.25, 0.3) is 0 Å². The summed E-state index contributed by atoms with van der Waals surface area (Å²) in [6.45, 7) is 5.61. The Morgan fingerprint density at radius 2 is 2.46 bits per heavy atom. The van der Waals surface area contributed by atoms with Gasteiger partial charge in [0.15, 0.2) is 0 Å². The lowest BCUT2D eigenvalue weighted by atomic mass is 10.1. The van der Waals surface area contributed by atoms with Gasteiger partial charge in [0, 0.05) is 25.7 Å². The number of hydrogen-bond acceptors (Lipinski definition) is 2. The summed E-state index contributed by atoms with van der Waals surface area (Å²) in [6.07, 6.45) is 1.22. The van der Waals surface area contributed by atoms with Crippen LogP contribution >= 0.6 is 0 Å². The average Bonchev–Trinajstić information content (AvgIpc) is 2.61. The average molecular weight is 183 g/mol. The molecule has 0 saturated carbocycles. The number of urea groups is 1. The van der Waals surface area contributed by atoms with E-state index in [9.17, 15) is 4.79 Å². The topological polar surface area (TPSA) is 44.4 Å². The van der Waals surface area contributed by atoms with Crippen LogP contribution in [0.15, 0.2) is 0 Å². The predicted molar refractivity (Wildman–Crippen MR) is 50.5 cm³/mol. The minimum atomic E-state index is 0.0960. The molecular weight excluding hydrogens is 166 g/mol. The third-order valence-corrected chi connectivity index (χ3v) is 2.98. The molecular formula is C9H17N3O. The van der Waals surface area contributed by atoms with E-state index in [-0.39, 0.29) is 6.03 Å². The summed E-state index contributed by atoms with van der Waals surface area (Å²) in [5, 5.41) is 6.26. The Hall–Kier alpha value is -0.770. The molecule has 0 aromatic carbocycles. The Kier molecular flexibility index (Phi) is 2.40. The van der Waals surface area contributed by atoms with Gasteiger partial charge in [0.2, 0.25) is 0 Å². The number of hydrogen-bond donors (Lipinski definition) is 2. The second-order valence-electron chi connectivity index (χ2n) is 3.85. The minimum Gasteiger partial charge on any atom is -0.338 e. The van der Waals surface area contributed by atoms with Crippen molar-refractivity contribution in [1.29, 1.82) is 0 Å². The van der Waals surface area contributed by atoms with Crippen molar-refractivity contribution in [2.75, 3.05) is 26.2 Å². The molecule has 2 heterocycles. The molecule has 2 aliphatic rings. The number of likely N-dealkylation sites (tertiary alicyclic amines) is 1. The zero-order valence-corrected chi connectivity index (χ0v) is 8.05. The van der Waals surface area contributed by atoms with Crippen LogP contribution in [0, 0.1) is 5.92 Å². The second kappa shape index (κ2) is 3.54. The number of nitrogens with one attached hydrogen (secondary N) is 2. The molecule has 0 unspecified atom stereocenters. The summed E-state index contributed by atoms with van der Waals surface area (Å²) >= 11 is 0. The highest BCUT2D eigenvalue weighted by Gasteiger charge is 2.37. The smallest absolute Gasteiger partial charge is 0.317 e. The van der Waals surface area contributed by atoms with Crippen LogP contribution < -0.4 is 10.6 Å². The van der Waals surface area contributed by atoms with Crippen molar-refractivity contribution >= 4 is 6.03 Å². The second-order valence-corrected chi connectivity index (χ2v) is 3.85. The van der Waals surface area contributed by atoms with E-state index in [0.29, 0.717) is 12.0 Å². The first-order valence-electron chi connectivity index (χ1n) is 5.07. The minimum absolute atomic E-state index is 0.0960. The van der Waals surface area contributed by atoms with Gasteiger partial charge < -0.3 is 15.5 Å². The summed E-state index contributed by atoms with van der Waals surface area (Å²) in [4.78, 5) is 13.4. The molecule has 0 aliphatic carbocycles. The fraction of sp³-hybridized carbons (Fsp3) is 0.889. The molecule has 13 heavy (non-hydrogen) atoms. The first kappa shape index (κ1) is 8.81. The summed E-state index contributed by atoms with van der Waals surface area (Å²) in [5.41, 5.74) is 0. The van der Waals surface area contributed by atoms with Crippen molar-refractivity contribution in [3.8, 4) is 0 Å². The number of nitrogens with zero attached hydrogens (tertiary/aromatic N) is 1. The molecule has 2 rings (SSSR count). The molecule has 0 aromatic heterocycles. The predicted octanol–water partition coefficient (Wildman–Crippen LogP) is 0.00960. The molecule has 0 spiro atoms. The van der Waals surface area contributed by atoms with Crippen LogP contribution in [0.25, 0.3) is 0 Å². The summed E-state index contributed by atoms with van der Waals surface area (Å²) in [5.74, 6) is 0.697. The van der Waals surface area contributed by atoms with Crippen LogP contribution in [0.4, 0.5) is 4.79 Å². The van der Waals surface area contributed by atoms with Crippen LogP contribution in [0.5, 0.6) is 0 Å². The SMILES string of the molecule is CCNC(=O)N1C[C@@H]2CCN[C@@H]2C1. The van der Waals surface area contributed by atoms with Gasteiger partial charge in [-0.25, -0.2) is 4.79 Å². The van der Waals surface area contributed by atoms with E-state index >= 15 is 0 Å². The lowest BCUT2D eigenvalue weighted by Crippen LogP contribution is -2.40. The van der Waals surface area contributed by atoms with E-state index in [0.717, 1.165) is 26.2 Å². The Morgan fingerprint density at radius 3 is 3.15 bits per heavy atom. The maximum Gasteiger partial charge on any atom is 0.317 e. The van der Waals surface area contributed by atoms with Gasteiger partial charge in [-0.1, -0.05) is 0 Å². The maximum atomic E-state index is 11.5. The molecule has 74 valence electrons. The van der Waals surface area contributed by atoms with E-state index < -0.39 is 0 Å². The van der Waals surface area contributed by atoms with Gasteiger partial charge in [-0.2, -0.15) is 0 Å². The van der Waals surface area contributed by atoms with Gasteiger partial charge in [-0.05, 0) is 25.8 Å². The lowest BCUT2D eigenvalue weighted by Gasteiger charge is -2.17. The molecule has 0 radical (unpaired) electrons. The highest BCUT2D eigenvalue weighted by atomic mass is 16.2. The monoisotopic (exact) mass is 183 g/mol. The van der Waals surface area contributed by atoms with Gasteiger partial charge in [0.05, 0.1) is 0 Å². The Morgan fingerprint density at radius 1 is 1.62 bits per heavy atom. The lowest BCUT2D eigenvalue weighted by molar-refractivity contribution is 0.206. The number of amides is 2. The Balaban J connectivity index is 1.87. The Bertz CT molecular complexity index is 195. The van der Waals surface area contributed by atoms with Gasteiger partial charge >= 0.3 is 6.03 Å². The molecule has 2 amide bonds. The summed E-state index contributed by atoms with van der Waals surface area (Å²) in [6, 6.07) is 0.654. The van der Waals surface area contributed by atoms with Crippen LogP contribution in [-0.4, -0.2) is 43.2 Å². The first-order chi connectivity index (χ1) is 6.31. The van der Waals surface area contributed by atoms with Crippen molar-refractivity contribution in [3.05, 3.63) is 0 Å². The van der Waals surface area contributed by atoms with Crippen LogP contribution in [-0.2, 0) is 0 Å². The zero-order chi connectivity index (χ0) is 9.26. The third-order valence-electron chi connectivity index (χ3n) is 2.98. The van der Waals surface area contributed by atoms with Gasteiger partial charge in [-0.15, -0.1) is 0 Å². The van der Waals surface area contributed by atoms with E-state index in [1.54, 1.807) is 0 Å². The van der Waals surface area contributed by atoms with Crippen LogP contribution in [0.1, 0.15) is 13.3 Å². The molecule has 4 heteroatoms. The van der Waals surface area contributed by atoms with Crippen molar-refractivity contribution in [2.24, 2.45) is 5.92 Å². The quantitative estimate of drug-likeness (QED) is 0.601. The third kappa shape index (κ3) is 1.63. The Labute approximate surface area is 78.7 Å². The molecule has 2 fully saturated rings. The van der Waals surface area contributed by atoms with Crippen molar-refractivity contribution in [2.45, 2.75) is 19.4 Å². The highest BCUT2D eigenvalue weighted by Crippen LogP contribution is 2.24. The largest absolute Gasteiger partial charge is 0.338 e. The van der Waals surface area contributed by atoms with Gasteiger partial charge in [0.1, 0.15) is 0 Å². The van der Waals surface area contributed by atoms with Crippen molar-refractivity contribution in [1.82, 2.24) is 15.5 Å². The fourth-order valence-corrected chi connectivity index (χ4v) is 2.28. The first-order valence-corrected chi connectivity index (χ1v) is 5.07. The molecule has 2 aliphatic heterocycles. The van der Waals surface area contributed by atoms with E-state index in [1.807, 2.05) is 11.8 Å². The number of carbonyl (C=O) groups excluding carboxylic acids is 1. The van der Waals surface area contributed by atoms with Crippen LogP contribution in [0.3, 0.4) is 0 Å². The number of fused-ring (bicyclic) bond motifs is 1. The fourth-order valence-electron chi connectivity index (χ4n) is 2.28. The highest BCUT2D eigenvalue weighted by molar-refractivity contribution is 5.74. The zero-order valence-electron chi connectivity index (χ0n) is 8.05. The normalized spacial score (nSPS) is 31.9. The molecule has 2 saturated heterocycles. The molecule has 4 nitrogen and oxygen atoms in total. The van der Waals surface area contributed by atoms with Crippen molar-refractivity contribution in [3.63, 3.8) is 0 Å². The van der Waals surface area contributed by atoms with Gasteiger partial charge in [-0.3, -0.25) is 0 Å². The van der Waals surface area contributed by atoms with E-state index in [2.05, 4.69) is 10.6 Å². The number of rotatable bonds is 1. The summed E-state index contributed by atoms with van der Waals surface area (Å²) in [7, 11) is 0. The molecule has 0 aromatic rings. The van der Waals surface area contributed by atoms with E-state index in [4.69, 9.17) is 0 Å². The number of carbonyl (C=O) groups is 1. The molecule has 2 atom stereocenters. The van der Waals surface area contributed by atoms with Crippen LogP contribution in [0.2, 0.25) is 0 Å². The van der Waals surface area contributed by atoms with E-state index in [1.165, 1.54) is 6.42 Å². The maximum absolute atomic E-state index is 11.5. The molecule has 2 N–H and O–H groups in total.